The van der Waals surface area contributed by atoms with Gasteiger partial charge in [-0.05, 0) is 28.8 Å². The molecule has 2 N–H and O–H groups in total. The summed E-state index contributed by atoms with van der Waals surface area (Å²) in [7, 11) is 0. The van der Waals surface area contributed by atoms with Crippen molar-refractivity contribution in [3.05, 3.63) is 48.0 Å². The van der Waals surface area contributed by atoms with E-state index in [-0.39, 0.29) is 11.8 Å². The van der Waals surface area contributed by atoms with E-state index in [0.717, 1.165) is 10.8 Å². The Kier molecular flexibility index (Phi) is 4.03. The Bertz CT molecular complexity index is 649. The van der Waals surface area contributed by atoms with E-state index in [1.54, 1.807) is 26.0 Å². The zero-order chi connectivity index (χ0) is 14.7. The lowest BCUT2D eigenvalue weighted by atomic mass is 10.0. The van der Waals surface area contributed by atoms with Crippen molar-refractivity contribution in [2.24, 2.45) is 5.92 Å². The van der Waals surface area contributed by atoms with E-state index in [2.05, 4.69) is 5.32 Å². The number of aliphatic carboxylic acids is 1. The number of rotatable bonds is 4. The van der Waals surface area contributed by atoms with E-state index in [1.807, 2.05) is 30.3 Å². The number of carbonyl (C=O) groups is 2. The molecule has 0 aliphatic heterocycles. The molecule has 0 radical (unpaired) electrons. The molecule has 2 aromatic carbocycles. The number of fused-ring (bicyclic) bond motifs is 1. The summed E-state index contributed by atoms with van der Waals surface area (Å²) in [6.45, 7) is 3.53. The number of carboxylic acid groups (broad SMARTS) is 1. The number of benzene rings is 2. The zero-order valence-electron chi connectivity index (χ0n) is 11.5. The van der Waals surface area contributed by atoms with Crippen molar-refractivity contribution < 1.29 is 14.7 Å². The van der Waals surface area contributed by atoms with Crippen LogP contribution in [0.3, 0.4) is 0 Å². The van der Waals surface area contributed by atoms with Gasteiger partial charge in [0.15, 0.2) is 0 Å². The van der Waals surface area contributed by atoms with Crippen molar-refractivity contribution in [1.82, 2.24) is 5.32 Å². The Morgan fingerprint density at radius 1 is 1.05 bits per heavy atom. The van der Waals surface area contributed by atoms with Gasteiger partial charge in [0, 0.05) is 5.56 Å². The largest absolute Gasteiger partial charge is 0.480 e. The summed E-state index contributed by atoms with van der Waals surface area (Å²) in [4.78, 5) is 23.2. The van der Waals surface area contributed by atoms with Crippen molar-refractivity contribution in [1.29, 1.82) is 0 Å². The molecule has 0 unspecified atom stereocenters. The van der Waals surface area contributed by atoms with Gasteiger partial charge in [0.2, 0.25) is 0 Å². The van der Waals surface area contributed by atoms with Gasteiger partial charge in [-0.1, -0.05) is 44.2 Å². The van der Waals surface area contributed by atoms with Crippen LogP contribution < -0.4 is 5.32 Å². The second-order valence-electron chi connectivity index (χ2n) is 5.10. The molecule has 2 rings (SSSR count). The van der Waals surface area contributed by atoms with Crippen LogP contribution >= 0.6 is 0 Å². The van der Waals surface area contributed by atoms with E-state index in [9.17, 15) is 9.59 Å². The van der Waals surface area contributed by atoms with Crippen LogP contribution in [0, 0.1) is 5.92 Å². The number of hydrogen-bond donors (Lipinski definition) is 2. The maximum atomic E-state index is 12.1. The van der Waals surface area contributed by atoms with Gasteiger partial charge in [-0.2, -0.15) is 0 Å². The van der Waals surface area contributed by atoms with E-state index >= 15 is 0 Å². The van der Waals surface area contributed by atoms with Crippen molar-refractivity contribution in [2.45, 2.75) is 19.9 Å². The number of amides is 1. The molecule has 4 heteroatoms. The molecule has 0 aromatic heterocycles. The van der Waals surface area contributed by atoms with Crippen LogP contribution in [-0.2, 0) is 4.79 Å². The summed E-state index contributed by atoms with van der Waals surface area (Å²) in [6.07, 6.45) is 0. The van der Waals surface area contributed by atoms with Gasteiger partial charge in [-0.3, -0.25) is 4.79 Å². The fourth-order valence-electron chi connectivity index (χ4n) is 2.07. The Morgan fingerprint density at radius 3 is 2.30 bits per heavy atom. The average molecular weight is 271 g/mol. The predicted octanol–water partition coefficient (Wildman–Crippen LogP) is 2.68. The molecular weight excluding hydrogens is 254 g/mol. The minimum atomic E-state index is -1.02. The molecule has 0 saturated heterocycles. The van der Waals surface area contributed by atoms with Crippen LogP contribution in [-0.4, -0.2) is 23.0 Å². The molecule has 104 valence electrons. The summed E-state index contributed by atoms with van der Waals surface area (Å²) in [6, 6.07) is 12.2. The minimum absolute atomic E-state index is 0.170. The summed E-state index contributed by atoms with van der Waals surface area (Å²) < 4.78 is 0. The standard InChI is InChI=1S/C16H17NO3/c1-10(2)14(16(19)20)17-15(18)13-8-7-11-5-3-4-6-12(11)9-13/h3-10,14H,1-2H3,(H,17,18)(H,19,20)/t14-/m0/s1. The first kappa shape index (κ1) is 14.1. The van der Waals surface area contributed by atoms with Crippen LogP contribution in [0.5, 0.6) is 0 Å². The topological polar surface area (TPSA) is 66.4 Å². The van der Waals surface area contributed by atoms with Crippen LogP contribution in [0.1, 0.15) is 24.2 Å². The molecule has 0 spiro atoms. The van der Waals surface area contributed by atoms with E-state index in [0.29, 0.717) is 5.56 Å². The second kappa shape index (κ2) is 5.74. The number of hydrogen-bond acceptors (Lipinski definition) is 2. The first-order valence-corrected chi connectivity index (χ1v) is 6.51. The average Bonchev–Trinajstić information content (AvgIpc) is 2.43. The third-order valence-electron chi connectivity index (χ3n) is 3.23. The summed E-state index contributed by atoms with van der Waals surface area (Å²) in [5, 5.41) is 13.7. The van der Waals surface area contributed by atoms with E-state index in [4.69, 9.17) is 5.11 Å². The zero-order valence-corrected chi connectivity index (χ0v) is 11.5. The first-order valence-electron chi connectivity index (χ1n) is 6.51. The highest BCUT2D eigenvalue weighted by Gasteiger charge is 2.23. The lowest BCUT2D eigenvalue weighted by Crippen LogP contribution is -2.44. The first-order chi connectivity index (χ1) is 9.49. The molecule has 20 heavy (non-hydrogen) atoms. The lowest BCUT2D eigenvalue weighted by Gasteiger charge is -2.18. The Hall–Kier alpha value is -2.36. The monoisotopic (exact) mass is 271 g/mol. The second-order valence-corrected chi connectivity index (χ2v) is 5.10. The molecule has 1 atom stereocenters. The third-order valence-corrected chi connectivity index (χ3v) is 3.23. The summed E-state index contributed by atoms with van der Waals surface area (Å²) >= 11 is 0. The van der Waals surface area contributed by atoms with E-state index in [1.165, 1.54) is 0 Å². The van der Waals surface area contributed by atoms with Crippen LogP contribution in [0.15, 0.2) is 42.5 Å². The number of carbonyl (C=O) groups excluding carboxylic acids is 1. The molecular formula is C16H17NO3. The molecule has 0 bridgehead atoms. The molecule has 0 saturated carbocycles. The fraction of sp³-hybridized carbons (Fsp3) is 0.250. The molecule has 0 fully saturated rings. The fourth-order valence-corrected chi connectivity index (χ4v) is 2.07. The van der Waals surface area contributed by atoms with Gasteiger partial charge in [-0.25, -0.2) is 4.79 Å². The number of carboxylic acids is 1. The Labute approximate surface area is 117 Å². The molecule has 0 aliphatic carbocycles. The van der Waals surface area contributed by atoms with Gasteiger partial charge in [0.1, 0.15) is 6.04 Å². The quantitative estimate of drug-likeness (QED) is 0.898. The Balaban J connectivity index is 2.24. The van der Waals surface area contributed by atoms with Gasteiger partial charge >= 0.3 is 5.97 Å². The van der Waals surface area contributed by atoms with Crippen molar-refractivity contribution in [3.8, 4) is 0 Å². The van der Waals surface area contributed by atoms with E-state index < -0.39 is 12.0 Å². The maximum absolute atomic E-state index is 12.1. The van der Waals surface area contributed by atoms with Crippen LogP contribution in [0.2, 0.25) is 0 Å². The highest BCUT2D eigenvalue weighted by Crippen LogP contribution is 2.16. The van der Waals surface area contributed by atoms with Gasteiger partial charge in [0.25, 0.3) is 5.91 Å². The van der Waals surface area contributed by atoms with Crippen LogP contribution in [0.25, 0.3) is 10.8 Å². The maximum Gasteiger partial charge on any atom is 0.326 e. The normalized spacial score (nSPS) is 12.3. The lowest BCUT2D eigenvalue weighted by molar-refractivity contribution is -0.140. The van der Waals surface area contributed by atoms with Crippen molar-refractivity contribution in [3.63, 3.8) is 0 Å². The molecule has 1 amide bonds. The van der Waals surface area contributed by atoms with Gasteiger partial charge < -0.3 is 10.4 Å². The predicted molar refractivity (Wildman–Crippen MR) is 77.7 cm³/mol. The molecule has 0 heterocycles. The minimum Gasteiger partial charge on any atom is -0.480 e. The Morgan fingerprint density at radius 2 is 1.70 bits per heavy atom. The highest BCUT2D eigenvalue weighted by atomic mass is 16.4. The third kappa shape index (κ3) is 2.96. The van der Waals surface area contributed by atoms with Crippen molar-refractivity contribution in [2.75, 3.05) is 0 Å². The van der Waals surface area contributed by atoms with Gasteiger partial charge in [-0.15, -0.1) is 0 Å². The SMILES string of the molecule is CC(C)[C@H](NC(=O)c1ccc2ccccc2c1)C(=O)O. The highest BCUT2D eigenvalue weighted by molar-refractivity contribution is 6.00. The van der Waals surface area contributed by atoms with Crippen LogP contribution in [0.4, 0.5) is 0 Å². The molecule has 0 aliphatic rings. The van der Waals surface area contributed by atoms with Gasteiger partial charge in [0.05, 0.1) is 0 Å². The molecule has 2 aromatic rings. The summed E-state index contributed by atoms with van der Waals surface area (Å²) in [5.41, 5.74) is 0.468. The smallest absolute Gasteiger partial charge is 0.326 e. The van der Waals surface area contributed by atoms with Crippen molar-refractivity contribution >= 4 is 22.6 Å². The number of nitrogens with one attached hydrogen (secondary N) is 1. The summed E-state index contributed by atoms with van der Waals surface area (Å²) in [5.74, 6) is -1.55. The molecule has 4 nitrogen and oxygen atoms in total.